The third-order valence-corrected chi connectivity index (χ3v) is 8.40. The van der Waals surface area contributed by atoms with E-state index in [1.165, 1.54) is 12.1 Å². The Morgan fingerprint density at radius 2 is 1.62 bits per heavy atom. The highest BCUT2D eigenvalue weighted by atomic mass is 32.2. The van der Waals surface area contributed by atoms with Crippen molar-refractivity contribution in [2.45, 2.75) is 50.0 Å². The van der Waals surface area contributed by atoms with Crippen LogP contribution < -0.4 is 9.62 Å². The molecule has 0 fully saturated rings. The number of halogens is 1. The standard InChI is InChI=1S/C29H31FN2O4S/c1-21-8-14-25(15-9-21)37(35,36)32-26-7-3-2-6-24(26)19-28(33)27(32)20-29(34)31-18-16-23-12-10-22(11-13-23)5-4-17-30/h2-3,6-15,27H,4-5,16-20H2,1H3,(H,31,34)/t27-/m1/s1/i30-1. The number of nitrogens with one attached hydrogen (secondary N) is 1. The molecule has 0 aliphatic carbocycles. The molecule has 1 N–H and O–H groups in total. The second kappa shape index (κ2) is 11.7. The van der Waals surface area contributed by atoms with Crippen LogP contribution in [0, 0.1) is 6.92 Å². The number of alkyl halides is 1. The molecule has 1 heterocycles. The summed E-state index contributed by atoms with van der Waals surface area (Å²) in [6.45, 7) is 1.88. The second-order valence-corrected chi connectivity index (χ2v) is 11.1. The summed E-state index contributed by atoms with van der Waals surface area (Å²) >= 11 is 0. The van der Waals surface area contributed by atoms with Gasteiger partial charge in [-0.3, -0.25) is 18.3 Å². The number of anilines is 1. The molecule has 3 aromatic carbocycles. The van der Waals surface area contributed by atoms with Crippen molar-refractivity contribution in [1.82, 2.24) is 5.32 Å². The highest BCUT2D eigenvalue weighted by Gasteiger charge is 2.41. The maximum absolute atomic E-state index is 13.7. The molecule has 0 aromatic heterocycles. The number of hydrogen-bond acceptors (Lipinski definition) is 4. The van der Waals surface area contributed by atoms with Crippen molar-refractivity contribution >= 4 is 27.4 Å². The maximum atomic E-state index is 13.7. The van der Waals surface area contributed by atoms with Crippen molar-refractivity contribution in [2.75, 3.05) is 17.5 Å². The Kier molecular flexibility index (Phi) is 8.38. The van der Waals surface area contributed by atoms with Gasteiger partial charge in [0, 0.05) is 13.0 Å². The predicted octanol–water partition coefficient (Wildman–Crippen LogP) is 4.34. The summed E-state index contributed by atoms with van der Waals surface area (Å²) in [7, 11) is -4.09. The molecule has 1 atom stereocenters. The minimum Gasteiger partial charge on any atom is -0.356 e. The van der Waals surface area contributed by atoms with Crippen LogP contribution in [-0.2, 0) is 38.9 Å². The van der Waals surface area contributed by atoms with E-state index in [0.717, 1.165) is 21.0 Å². The van der Waals surface area contributed by atoms with E-state index in [-0.39, 0.29) is 36.1 Å². The van der Waals surface area contributed by atoms with Crippen LogP contribution in [0.1, 0.15) is 35.1 Å². The smallest absolute Gasteiger partial charge is 0.265 e. The molecule has 0 unspecified atom stereocenters. The minimum atomic E-state index is -4.09. The van der Waals surface area contributed by atoms with Crippen molar-refractivity contribution in [3.05, 3.63) is 95.1 Å². The molecule has 8 heteroatoms. The fraction of sp³-hybridized carbons (Fsp3) is 0.310. The van der Waals surface area contributed by atoms with Gasteiger partial charge in [-0.15, -0.1) is 0 Å². The van der Waals surface area contributed by atoms with Crippen LogP contribution in [0.15, 0.2) is 77.7 Å². The molecule has 0 spiro atoms. The normalized spacial score (nSPS) is 15.4. The Morgan fingerprint density at radius 1 is 0.973 bits per heavy atom. The number of carbonyl (C=O) groups excluding carboxylic acids is 2. The lowest BCUT2D eigenvalue weighted by molar-refractivity contribution is -0.126. The molecule has 37 heavy (non-hydrogen) atoms. The topological polar surface area (TPSA) is 83.6 Å². The van der Waals surface area contributed by atoms with Gasteiger partial charge >= 0.3 is 0 Å². The molecule has 0 radical (unpaired) electrons. The van der Waals surface area contributed by atoms with Crippen LogP contribution in [0.25, 0.3) is 0 Å². The number of carbonyl (C=O) groups is 2. The van der Waals surface area contributed by atoms with Gasteiger partial charge in [0.05, 0.1) is 23.7 Å². The van der Waals surface area contributed by atoms with Gasteiger partial charge in [0.15, 0.2) is 5.78 Å². The van der Waals surface area contributed by atoms with E-state index >= 15 is 0 Å². The highest BCUT2D eigenvalue weighted by Crippen LogP contribution is 2.35. The molecule has 0 bridgehead atoms. The van der Waals surface area contributed by atoms with Gasteiger partial charge in [0.25, 0.3) is 10.0 Å². The number of Topliss-reactive ketones (excluding diaryl/α,β-unsaturated/α-hetero) is 1. The third-order valence-electron chi connectivity index (χ3n) is 6.56. The molecule has 4 rings (SSSR count). The van der Waals surface area contributed by atoms with Gasteiger partial charge in [-0.05, 0) is 61.1 Å². The fourth-order valence-corrected chi connectivity index (χ4v) is 6.21. The molecule has 6 nitrogen and oxygen atoms in total. The number of rotatable bonds is 10. The SMILES string of the molecule is Cc1ccc(S(=O)(=O)N2c3ccccc3CC(=O)[C@H]2CC(=O)NCCc2ccc(CCC[18F])cc2)cc1. The summed E-state index contributed by atoms with van der Waals surface area (Å²) in [5.74, 6) is -0.699. The van der Waals surface area contributed by atoms with Crippen molar-refractivity contribution in [3.8, 4) is 0 Å². The Hall–Kier alpha value is -3.52. The average molecular weight is 522 g/mol. The Labute approximate surface area is 217 Å². The lowest BCUT2D eigenvalue weighted by Crippen LogP contribution is -2.51. The Morgan fingerprint density at radius 3 is 2.30 bits per heavy atom. The molecule has 0 saturated heterocycles. The molecule has 1 amide bonds. The number of ketones is 1. The lowest BCUT2D eigenvalue weighted by Gasteiger charge is -2.36. The zero-order valence-electron chi connectivity index (χ0n) is 20.8. The molecule has 194 valence electrons. The molecule has 0 saturated carbocycles. The molecular weight excluding hydrogens is 490 g/mol. The van der Waals surface area contributed by atoms with Crippen molar-refractivity contribution in [1.29, 1.82) is 0 Å². The van der Waals surface area contributed by atoms with E-state index in [1.807, 2.05) is 31.2 Å². The van der Waals surface area contributed by atoms with Gasteiger partial charge in [-0.1, -0.05) is 60.2 Å². The maximum Gasteiger partial charge on any atom is 0.265 e. The molecule has 1 aliphatic heterocycles. The monoisotopic (exact) mass is 521 g/mol. The summed E-state index contributed by atoms with van der Waals surface area (Å²) in [4.78, 5) is 26.1. The zero-order valence-corrected chi connectivity index (χ0v) is 21.6. The van der Waals surface area contributed by atoms with Crippen LogP contribution in [0.4, 0.5) is 10.1 Å². The number of aryl methyl sites for hydroxylation is 2. The van der Waals surface area contributed by atoms with E-state index in [2.05, 4.69) is 5.32 Å². The van der Waals surface area contributed by atoms with Crippen molar-refractivity contribution < 1.29 is 22.4 Å². The van der Waals surface area contributed by atoms with E-state index in [4.69, 9.17) is 0 Å². The first kappa shape index (κ1) is 26.5. The van der Waals surface area contributed by atoms with Gasteiger partial charge < -0.3 is 5.32 Å². The number of nitrogens with zero attached hydrogens (tertiary/aromatic N) is 1. The zero-order chi connectivity index (χ0) is 26.4. The van der Waals surface area contributed by atoms with Crippen LogP contribution in [0.5, 0.6) is 0 Å². The highest BCUT2D eigenvalue weighted by molar-refractivity contribution is 7.93. The van der Waals surface area contributed by atoms with E-state index in [0.29, 0.717) is 37.1 Å². The van der Waals surface area contributed by atoms with Gasteiger partial charge in [0.1, 0.15) is 6.04 Å². The van der Waals surface area contributed by atoms with Gasteiger partial charge in [-0.25, -0.2) is 8.42 Å². The van der Waals surface area contributed by atoms with Crippen LogP contribution in [-0.4, -0.2) is 39.4 Å². The summed E-state index contributed by atoms with van der Waals surface area (Å²) in [5, 5.41) is 2.83. The fourth-order valence-electron chi connectivity index (χ4n) is 4.53. The second-order valence-electron chi connectivity index (χ2n) is 9.31. The van der Waals surface area contributed by atoms with E-state index in [1.54, 1.807) is 36.4 Å². The number of fused-ring (bicyclic) bond motifs is 1. The van der Waals surface area contributed by atoms with E-state index < -0.39 is 16.1 Å². The number of hydrogen-bond donors (Lipinski definition) is 1. The van der Waals surface area contributed by atoms with Crippen molar-refractivity contribution in [2.24, 2.45) is 0 Å². The molecular formula is C29H31FN2O4S. The van der Waals surface area contributed by atoms with Crippen molar-refractivity contribution in [3.63, 3.8) is 0 Å². The van der Waals surface area contributed by atoms with Crippen LogP contribution >= 0.6 is 0 Å². The van der Waals surface area contributed by atoms with Crippen LogP contribution in [0.3, 0.4) is 0 Å². The summed E-state index contributed by atoms with van der Waals surface area (Å²) in [6.07, 6.45) is 1.58. The molecule has 3 aromatic rings. The van der Waals surface area contributed by atoms with E-state index in [9.17, 15) is 22.4 Å². The Bertz CT molecular complexity index is 1360. The Balaban J connectivity index is 1.48. The third kappa shape index (κ3) is 6.25. The summed E-state index contributed by atoms with van der Waals surface area (Å²) in [6, 6.07) is 20.1. The first-order valence-electron chi connectivity index (χ1n) is 12.4. The number of benzene rings is 3. The number of amides is 1. The summed E-state index contributed by atoms with van der Waals surface area (Å²) in [5.41, 5.74) is 4.05. The predicted molar refractivity (Wildman–Crippen MR) is 142 cm³/mol. The summed E-state index contributed by atoms with van der Waals surface area (Å²) < 4.78 is 40.9. The van der Waals surface area contributed by atoms with Gasteiger partial charge in [-0.2, -0.15) is 0 Å². The minimum absolute atomic E-state index is 0.0722. The van der Waals surface area contributed by atoms with Gasteiger partial charge in [0.2, 0.25) is 5.91 Å². The quantitative estimate of drug-likeness (QED) is 0.430. The number of para-hydroxylation sites is 1. The average Bonchev–Trinajstić information content (AvgIpc) is 2.88. The first-order valence-corrected chi connectivity index (χ1v) is 13.9. The lowest BCUT2D eigenvalue weighted by atomic mass is 9.94. The number of sulfonamides is 1. The molecule has 1 aliphatic rings. The largest absolute Gasteiger partial charge is 0.356 e. The van der Waals surface area contributed by atoms with Crippen LogP contribution in [0.2, 0.25) is 0 Å². The first-order chi connectivity index (χ1) is 17.8.